The number of para-hydroxylation sites is 1. The summed E-state index contributed by atoms with van der Waals surface area (Å²) in [6, 6.07) is 8.08. The summed E-state index contributed by atoms with van der Waals surface area (Å²) in [5, 5.41) is 15.8. The topological polar surface area (TPSA) is 65.9 Å². The number of hydrogen-bond acceptors (Lipinski definition) is 3. The lowest BCUT2D eigenvalue weighted by atomic mass is 10.0. The second-order valence-corrected chi connectivity index (χ2v) is 6.28. The lowest BCUT2D eigenvalue weighted by Crippen LogP contribution is -2.38. The van der Waals surface area contributed by atoms with Crippen LogP contribution in [0.2, 0.25) is 0 Å². The summed E-state index contributed by atoms with van der Waals surface area (Å²) in [7, 11) is 0. The van der Waals surface area contributed by atoms with Crippen molar-refractivity contribution in [2.75, 3.05) is 32.8 Å². The molecule has 142 valence electrons. The SMILES string of the molecule is CCCC(CCO)CN=C(NCC)NCCCOc1ccccc1C. The molecule has 5 nitrogen and oxygen atoms in total. The summed E-state index contributed by atoms with van der Waals surface area (Å²) >= 11 is 0. The largest absolute Gasteiger partial charge is 0.493 e. The predicted molar refractivity (Wildman–Crippen MR) is 105 cm³/mol. The first kappa shape index (κ1) is 21.3. The molecule has 0 aromatic heterocycles. The molecular weight excluding hydrogens is 314 g/mol. The fourth-order valence-electron chi connectivity index (χ4n) is 2.66. The van der Waals surface area contributed by atoms with Crippen LogP contribution in [0, 0.1) is 12.8 Å². The number of nitrogens with one attached hydrogen (secondary N) is 2. The number of rotatable bonds is 12. The number of aliphatic hydroxyl groups excluding tert-OH is 1. The molecule has 5 heteroatoms. The van der Waals surface area contributed by atoms with Gasteiger partial charge in [0, 0.05) is 26.2 Å². The fourth-order valence-corrected chi connectivity index (χ4v) is 2.66. The zero-order chi connectivity index (χ0) is 18.3. The fraction of sp³-hybridized carbons (Fsp3) is 0.650. The van der Waals surface area contributed by atoms with Gasteiger partial charge in [0.2, 0.25) is 0 Å². The summed E-state index contributed by atoms with van der Waals surface area (Å²) in [5.41, 5.74) is 1.16. The minimum Gasteiger partial charge on any atom is -0.493 e. The molecule has 1 unspecified atom stereocenters. The molecule has 0 fully saturated rings. The highest BCUT2D eigenvalue weighted by Gasteiger charge is 2.07. The molecule has 0 heterocycles. The van der Waals surface area contributed by atoms with E-state index in [0.717, 1.165) is 62.6 Å². The number of nitrogens with zero attached hydrogens (tertiary/aromatic N) is 1. The molecule has 0 aliphatic heterocycles. The Labute approximate surface area is 152 Å². The molecule has 0 saturated heterocycles. The van der Waals surface area contributed by atoms with E-state index in [9.17, 15) is 0 Å². The zero-order valence-electron chi connectivity index (χ0n) is 16.1. The molecule has 0 aliphatic carbocycles. The Balaban J connectivity index is 2.34. The van der Waals surface area contributed by atoms with Crippen molar-refractivity contribution in [1.82, 2.24) is 10.6 Å². The van der Waals surface area contributed by atoms with Crippen LogP contribution in [0.3, 0.4) is 0 Å². The molecule has 1 aromatic rings. The van der Waals surface area contributed by atoms with Crippen LogP contribution >= 0.6 is 0 Å². The Kier molecular flexibility index (Phi) is 11.5. The summed E-state index contributed by atoms with van der Waals surface area (Å²) in [5.74, 6) is 2.25. The van der Waals surface area contributed by atoms with Gasteiger partial charge < -0.3 is 20.5 Å². The normalized spacial score (nSPS) is 12.7. The highest BCUT2D eigenvalue weighted by atomic mass is 16.5. The monoisotopic (exact) mass is 349 g/mol. The smallest absolute Gasteiger partial charge is 0.191 e. The molecule has 1 atom stereocenters. The van der Waals surface area contributed by atoms with Crippen LogP contribution in [0.25, 0.3) is 0 Å². The van der Waals surface area contributed by atoms with Crippen molar-refractivity contribution in [3.63, 3.8) is 0 Å². The van der Waals surface area contributed by atoms with Gasteiger partial charge in [0.25, 0.3) is 0 Å². The van der Waals surface area contributed by atoms with Crippen LogP contribution in [0.1, 0.15) is 45.1 Å². The molecule has 0 amide bonds. The maximum Gasteiger partial charge on any atom is 0.191 e. The molecule has 3 N–H and O–H groups in total. The number of benzene rings is 1. The molecule has 1 aromatic carbocycles. The van der Waals surface area contributed by atoms with Gasteiger partial charge in [0.1, 0.15) is 5.75 Å². The highest BCUT2D eigenvalue weighted by Crippen LogP contribution is 2.16. The highest BCUT2D eigenvalue weighted by molar-refractivity contribution is 5.79. The third-order valence-electron chi connectivity index (χ3n) is 4.05. The van der Waals surface area contributed by atoms with E-state index in [1.165, 1.54) is 0 Å². The summed E-state index contributed by atoms with van der Waals surface area (Å²) in [6.45, 7) is 9.62. The minimum absolute atomic E-state index is 0.237. The van der Waals surface area contributed by atoms with E-state index in [2.05, 4.69) is 42.5 Å². The Morgan fingerprint density at radius 3 is 2.68 bits per heavy atom. The molecule has 25 heavy (non-hydrogen) atoms. The average molecular weight is 350 g/mol. The van der Waals surface area contributed by atoms with Gasteiger partial charge in [0.15, 0.2) is 5.96 Å². The van der Waals surface area contributed by atoms with E-state index in [1.807, 2.05) is 18.2 Å². The van der Waals surface area contributed by atoms with E-state index in [4.69, 9.17) is 9.84 Å². The first-order chi connectivity index (χ1) is 12.2. The van der Waals surface area contributed by atoms with Crippen molar-refractivity contribution in [3.05, 3.63) is 29.8 Å². The lowest BCUT2D eigenvalue weighted by Gasteiger charge is -2.15. The van der Waals surface area contributed by atoms with Crippen molar-refractivity contribution in [2.45, 2.75) is 46.5 Å². The standard InChI is InChI=1S/C20H35N3O2/c1-4-9-18(12-14-24)16-23-20(21-5-2)22-13-8-15-25-19-11-7-6-10-17(19)3/h6-7,10-11,18,24H,4-5,8-9,12-16H2,1-3H3,(H2,21,22,23). The number of aliphatic hydroxyl groups is 1. The van der Waals surface area contributed by atoms with Crippen molar-refractivity contribution in [3.8, 4) is 5.75 Å². The quantitative estimate of drug-likeness (QED) is 0.308. The summed E-state index contributed by atoms with van der Waals surface area (Å²) in [6.07, 6.45) is 3.96. The van der Waals surface area contributed by atoms with E-state index in [1.54, 1.807) is 0 Å². The maximum atomic E-state index is 9.15. The number of hydrogen-bond donors (Lipinski definition) is 3. The van der Waals surface area contributed by atoms with E-state index < -0.39 is 0 Å². The minimum atomic E-state index is 0.237. The van der Waals surface area contributed by atoms with E-state index in [-0.39, 0.29) is 6.61 Å². The van der Waals surface area contributed by atoms with Crippen LogP contribution in [-0.2, 0) is 0 Å². The number of ether oxygens (including phenoxy) is 1. The Morgan fingerprint density at radius 2 is 2.00 bits per heavy atom. The first-order valence-electron chi connectivity index (χ1n) is 9.52. The van der Waals surface area contributed by atoms with Crippen LogP contribution < -0.4 is 15.4 Å². The average Bonchev–Trinajstić information content (AvgIpc) is 2.61. The molecule has 0 spiro atoms. The van der Waals surface area contributed by atoms with Gasteiger partial charge in [0.05, 0.1) is 6.61 Å². The van der Waals surface area contributed by atoms with E-state index in [0.29, 0.717) is 12.5 Å². The first-order valence-corrected chi connectivity index (χ1v) is 9.52. The number of aliphatic imine (C=N–C) groups is 1. The van der Waals surface area contributed by atoms with Crippen molar-refractivity contribution in [2.24, 2.45) is 10.9 Å². The van der Waals surface area contributed by atoms with Gasteiger partial charge in [-0.15, -0.1) is 0 Å². The van der Waals surface area contributed by atoms with E-state index >= 15 is 0 Å². The zero-order valence-corrected chi connectivity index (χ0v) is 16.1. The van der Waals surface area contributed by atoms with Gasteiger partial charge in [-0.05, 0) is 50.7 Å². The second-order valence-electron chi connectivity index (χ2n) is 6.28. The number of aryl methyl sites for hydroxylation is 1. The van der Waals surface area contributed by atoms with Gasteiger partial charge in [-0.25, -0.2) is 0 Å². The molecular formula is C20H35N3O2. The van der Waals surface area contributed by atoms with Crippen LogP contribution in [0.15, 0.2) is 29.3 Å². The van der Waals surface area contributed by atoms with Crippen LogP contribution in [0.5, 0.6) is 5.75 Å². The van der Waals surface area contributed by atoms with Crippen molar-refractivity contribution >= 4 is 5.96 Å². The van der Waals surface area contributed by atoms with Crippen LogP contribution in [-0.4, -0.2) is 43.9 Å². The molecule has 0 bridgehead atoms. The number of guanidine groups is 1. The Morgan fingerprint density at radius 1 is 1.20 bits per heavy atom. The third-order valence-corrected chi connectivity index (χ3v) is 4.05. The Bertz CT molecular complexity index is 486. The summed E-state index contributed by atoms with van der Waals surface area (Å²) in [4.78, 5) is 4.66. The van der Waals surface area contributed by atoms with Crippen LogP contribution in [0.4, 0.5) is 0 Å². The van der Waals surface area contributed by atoms with Gasteiger partial charge in [-0.3, -0.25) is 4.99 Å². The molecule has 1 rings (SSSR count). The van der Waals surface area contributed by atoms with Crippen molar-refractivity contribution in [1.29, 1.82) is 0 Å². The lowest BCUT2D eigenvalue weighted by molar-refractivity contribution is 0.253. The van der Waals surface area contributed by atoms with Gasteiger partial charge in [-0.2, -0.15) is 0 Å². The predicted octanol–water partition coefficient (Wildman–Crippen LogP) is 3.12. The van der Waals surface area contributed by atoms with Gasteiger partial charge >= 0.3 is 0 Å². The second kappa shape index (κ2) is 13.5. The maximum absolute atomic E-state index is 9.15. The molecule has 0 aliphatic rings. The van der Waals surface area contributed by atoms with Gasteiger partial charge in [-0.1, -0.05) is 31.5 Å². The Hall–Kier alpha value is -1.75. The summed E-state index contributed by atoms with van der Waals surface area (Å²) < 4.78 is 5.81. The third kappa shape index (κ3) is 9.34. The molecule has 0 radical (unpaired) electrons. The van der Waals surface area contributed by atoms with Crippen molar-refractivity contribution < 1.29 is 9.84 Å². The molecule has 0 saturated carbocycles.